The van der Waals surface area contributed by atoms with E-state index in [0.29, 0.717) is 6.61 Å². The zero-order chi connectivity index (χ0) is 16.7. The number of hydrogen-bond acceptors (Lipinski definition) is 4. The van der Waals surface area contributed by atoms with Crippen molar-refractivity contribution in [3.8, 4) is 5.75 Å². The minimum absolute atomic E-state index is 0.117. The van der Waals surface area contributed by atoms with Crippen LogP contribution in [0.25, 0.3) is 19.5 Å². The molecule has 0 fully saturated rings. The summed E-state index contributed by atoms with van der Waals surface area (Å²) in [4.78, 5) is 14.1. The van der Waals surface area contributed by atoms with Gasteiger partial charge in [-0.25, -0.2) is 0 Å². The summed E-state index contributed by atoms with van der Waals surface area (Å²) in [5.41, 5.74) is 2.34. The summed E-state index contributed by atoms with van der Waals surface area (Å²) in [5.74, 6) is 0.830. The minimum Gasteiger partial charge on any atom is -0.489 e. The molecular weight excluding hydrogens is 336 g/mol. The van der Waals surface area contributed by atoms with Gasteiger partial charge >= 0.3 is 0 Å². The summed E-state index contributed by atoms with van der Waals surface area (Å²) >= 11 is 3.37. The normalized spacial score (nSPS) is 11.2. The van der Waals surface area contributed by atoms with Gasteiger partial charge in [0, 0.05) is 20.5 Å². The van der Waals surface area contributed by atoms with Gasteiger partial charge in [0.15, 0.2) is 5.43 Å². The van der Waals surface area contributed by atoms with Crippen LogP contribution in [0.4, 0.5) is 0 Å². The Hall–Kier alpha value is -2.17. The highest BCUT2D eigenvalue weighted by molar-refractivity contribution is 7.40. The first kappa shape index (κ1) is 15.4. The molecule has 0 unspecified atom stereocenters. The van der Waals surface area contributed by atoms with Crippen LogP contribution in [0.5, 0.6) is 5.75 Å². The molecular formula is C20H16O2S2. The van der Waals surface area contributed by atoms with Gasteiger partial charge in [0.2, 0.25) is 0 Å². The van der Waals surface area contributed by atoms with E-state index in [9.17, 15) is 4.79 Å². The van der Waals surface area contributed by atoms with E-state index in [-0.39, 0.29) is 5.43 Å². The third kappa shape index (κ3) is 2.62. The second kappa shape index (κ2) is 6.04. The van der Waals surface area contributed by atoms with E-state index in [1.165, 1.54) is 5.56 Å². The van der Waals surface area contributed by atoms with Crippen molar-refractivity contribution in [2.75, 3.05) is 0 Å². The van der Waals surface area contributed by atoms with Crippen molar-refractivity contribution in [1.82, 2.24) is 0 Å². The summed E-state index contributed by atoms with van der Waals surface area (Å²) in [7, 11) is 0. The molecule has 2 aromatic heterocycles. The van der Waals surface area contributed by atoms with Crippen molar-refractivity contribution >= 4 is 42.2 Å². The Labute approximate surface area is 148 Å². The largest absolute Gasteiger partial charge is 0.489 e. The Bertz CT molecular complexity index is 1090. The summed E-state index contributed by atoms with van der Waals surface area (Å²) in [6.45, 7) is 4.54. The van der Waals surface area contributed by atoms with Crippen LogP contribution in [0.3, 0.4) is 0 Å². The lowest BCUT2D eigenvalue weighted by molar-refractivity contribution is 0.307. The Kier molecular flexibility index (Phi) is 3.87. The van der Waals surface area contributed by atoms with Gasteiger partial charge in [-0.3, -0.25) is 4.79 Å². The third-order valence-electron chi connectivity index (χ3n) is 4.14. The maximum atomic E-state index is 12.9. The second-order valence-corrected chi connectivity index (χ2v) is 8.36. The van der Waals surface area contributed by atoms with E-state index >= 15 is 0 Å². The molecule has 0 radical (unpaired) electrons. The van der Waals surface area contributed by atoms with Crippen LogP contribution in [0.1, 0.15) is 16.0 Å². The monoisotopic (exact) mass is 352 g/mol. The molecule has 4 aromatic rings. The van der Waals surface area contributed by atoms with Crippen molar-refractivity contribution in [3.63, 3.8) is 0 Å². The highest BCUT2D eigenvalue weighted by Gasteiger charge is 2.16. The van der Waals surface area contributed by atoms with Crippen molar-refractivity contribution < 1.29 is 4.74 Å². The SMILES string of the molecule is Cc1ccc(OCc2c(C)sc3sc4ccccc4c(=O)c23)cc1. The first-order valence-electron chi connectivity index (χ1n) is 7.77. The fourth-order valence-electron chi connectivity index (χ4n) is 2.79. The molecule has 4 heteroatoms. The lowest BCUT2D eigenvalue weighted by atomic mass is 10.1. The number of benzene rings is 2. The summed E-state index contributed by atoms with van der Waals surface area (Å²) in [6, 6.07) is 15.8. The lowest BCUT2D eigenvalue weighted by Gasteiger charge is -2.07. The Morgan fingerprint density at radius 3 is 2.50 bits per heavy atom. The molecule has 0 N–H and O–H groups in total. The molecule has 4 rings (SSSR count). The second-order valence-electron chi connectivity index (χ2n) is 5.83. The standard InChI is InChI=1S/C20H16O2S2/c1-12-7-9-14(10-8-12)22-11-16-13(2)23-20-18(16)19(21)15-5-3-4-6-17(15)24-20/h3-10H,11H2,1-2H3. The molecule has 0 aliphatic rings. The van der Waals surface area contributed by atoms with Gasteiger partial charge < -0.3 is 4.74 Å². The van der Waals surface area contributed by atoms with E-state index in [0.717, 1.165) is 35.7 Å². The molecule has 2 nitrogen and oxygen atoms in total. The molecule has 0 amide bonds. The van der Waals surface area contributed by atoms with Crippen LogP contribution in [-0.4, -0.2) is 0 Å². The molecule has 0 aliphatic carbocycles. The van der Waals surface area contributed by atoms with Gasteiger partial charge in [-0.1, -0.05) is 29.8 Å². The van der Waals surface area contributed by atoms with Crippen molar-refractivity contribution in [2.24, 2.45) is 0 Å². The zero-order valence-corrected chi connectivity index (χ0v) is 15.1. The van der Waals surface area contributed by atoms with Crippen LogP contribution in [0, 0.1) is 13.8 Å². The average Bonchev–Trinajstić information content (AvgIpc) is 2.90. The van der Waals surface area contributed by atoms with Crippen LogP contribution in [0.2, 0.25) is 0 Å². The quantitative estimate of drug-likeness (QED) is 0.475. The molecule has 0 bridgehead atoms. The topological polar surface area (TPSA) is 26.3 Å². The van der Waals surface area contributed by atoms with Crippen molar-refractivity contribution in [3.05, 3.63) is 74.8 Å². The van der Waals surface area contributed by atoms with Crippen molar-refractivity contribution in [2.45, 2.75) is 20.5 Å². The van der Waals surface area contributed by atoms with Gasteiger partial charge in [0.1, 0.15) is 12.4 Å². The fourth-order valence-corrected chi connectivity index (χ4v) is 5.42. The fraction of sp³-hybridized carbons (Fsp3) is 0.150. The summed E-state index contributed by atoms with van der Waals surface area (Å²) < 4.78 is 8.06. The predicted octanol–water partition coefficient (Wildman–Crippen LogP) is 5.67. The lowest BCUT2D eigenvalue weighted by Crippen LogP contribution is -2.04. The number of ether oxygens (including phenoxy) is 1. The van der Waals surface area contributed by atoms with Gasteiger partial charge in [-0.2, -0.15) is 0 Å². The molecule has 0 saturated carbocycles. The molecule has 0 atom stereocenters. The number of aryl methyl sites for hydroxylation is 2. The smallest absolute Gasteiger partial charge is 0.197 e. The van der Waals surface area contributed by atoms with Gasteiger partial charge in [-0.15, -0.1) is 22.7 Å². The number of hydrogen-bond donors (Lipinski definition) is 0. The maximum absolute atomic E-state index is 12.9. The Balaban J connectivity index is 1.80. The number of fused-ring (bicyclic) bond motifs is 2. The molecule has 120 valence electrons. The minimum atomic E-state index is 0.117. The average molecular weight is 352 g/mol. The molecule has 2 aromatic carbocycles. The number of thiophene rings is 1. The zero-order valence-electron chi connectivity index (χ0n) is 13.5. The van der Waals surface area contributed by atoms with Gasteiger partial charge in [0.05, 0.1) is 9.40 Å². The maximum Gasteiger partial charge on any atom is 0.197 e. The van der Waals surface area contributed by atoms with E-state index in [1.54, 1.807) is 22.7 Å². The van der Waals surface area contributed by atoms with Gasteiger partial charge in [-0.05, 0) is 38.1 Å². The molecule has 0 spiro atoms. The first-order chi connectivity index (χ1) is 11.6. The predicted molar refractivity (Wildman–Crippen MR) is 104 cm³/mol. The van der Waals surface area contributed by atoms with E-state index in [4.69, 9.17) is 4.74 Å². The van der Waals surface area contributed by atoms with Crippen LogP contribution >= 0.6 is 22.7 Å². The van der Waals surface area contributed by atoms with Crippen LogP contribution < -0.4 is 10.2 Å². The molecule has 2 heterocycles. The highest BCUT2D eigenvalue weighted by Crippen LogP contribution is 2.35. The Morgan fingerprint density at radius 1 is 0.958 bits per heavy atom. The molecule has 24 heavy (non-hydrogen) atoms. The molecule has 0 saturated heterocycles. The number of rotatable bonds is 3. The van der Waals surface area contributed by atoms with E-state index in [2.05, 4.69) is 13.8 Å². The summed E-state index contributed by atoms with van der Waals surface area (Å²) in [5, 5.41) is 1.62. The van der Waals surface area contributed by atoms with Crippen molar-refractivity contribution in [1.29, 1.82) is 0 Å². The Morgan fingerprint density at radius 2 is 1.71 bits per heavy atom. The van der Waals surface area contributed by atoms with Gasteiger partial charge in [0.25, 0.3) is 0 Å². The molecule has 0 aliphatic heterocycles. The van der Waals surface area contributed by atoms with Crippen LogP contribution in [0.15, 0.2) is 53.3 Å². The summed E-state index contributed by atoms with van der Waals surface area (Å²) in [6.07, 6.45) is 0. The van der Waals surface area contributed by atoms with E-state index < -0.39 is 0 Å². The van der Waals surface area contributed by atoms with E-state index in [1.807, 2.05) is 48.5 Å². The van der Waals surface area contributed by atoms with Crippen LogP contribution in [-0.2, 0) is 6.61 Å². The first-order valence-corrected chi connectivity index (χ1v) is 9.40. The highest BCUT2D eigenvalue weighted by atomic mass is 32.2. The third-order valence-corrected chi connectivity index (χ3v) is 6.55.